The maximum absolute atomic E-state index is 11.9. The van der Waals surface area contributed by atoms with E-state index in [0.717, 1.165) is 11.1 Å². The third kappa shape index (κ3) is 5.95. The molecule has 2 aromatic carbocycles. The number of nitrogens with two attached hydrogens (primary N) is 1. The van der Waals surface area contributed by atoms with E-state index in [9.17, 15) is 4.79 Å². The van der Waals surface area contributed by atoms with Crippen molar-refractivity contribution in [3.05, 3.63) is 64.7 Å². The molecule has 1 heterocycles. The molecule has 0 aliphatic rings. The first-order valence-corrected chi connectivity index (χ1v) is 10.3. The number of para-hydroxylation sites is 1. The molecule has 28 heavy (non-hydrogen) atoms. The molecule has 0 aliphatic carbocycles. The molecule has 3 rings (SSSR count). The van der Waals surface area contributed by atoms with Crippen molar-refractivity contribution >= 4 is 52.0 Å². The molecule has 3 N–H and O–H groups in total. The van der Waals surface area contributed by atoms with Gasteiger partial charge in [0.1, 0.15) is 12.4 Å². The molecule has 1 aromatic heterocycles. The van der Waals surface area contributed by atoms with Gasteiger partial charge in [0.15, 0.2) is 4.34 Å². The number of thioether (sulfide) groups is 1. The molecule has 0 spiro atoms. The summed E-state index contributed by atoms with van der Waals surface area (Å²) in [5, 5.41) is 12.5. The number of hydrogen-bond donors (Lipinski definition) is 2. The summed E-state index contributed by atoms with van der Waals surface area (Å²) in [6.45, 7) is 0.332. The summed E-state index contributed by atoms with van der Waals surface area (Å²) in [4.78, 5) is 11.9. The number of nitrogens with one attached hydrogen (secondary N) is 1. The van der Waals surface area contributed by atoms with E-state index >= 15 is 0 Å². The van der Waals surface area contributed by atoms with Gasteiger partial charge in [-0.25, -0.2) is 5.43 Å². The van der Waals surface area contributed by atoms with Crippen LogP contribution in [0.5, 0.6) is 5.75 Å². The number of carbonyl (C=O) groups is 1. The number of ether oxygens (including phenoxy) is 1. The van der Waals surface area contributed by atoms with E-state index in [2.05, 4.69) is 20.7 Å². The second-order valence-electron chi connectivity index (χ2n) is 5.41. The number of carbonyl (C=O) groups excluding carboxylic acids is 1. The molecule has 0 unspecified atom stereocenters. The molecule has 0 bridgehead atoms. The van der Waals surface area contributed by atoms with E-state index < -0.39 is 0 Å². The molecule has 0 fully saturated rings. The number of hydrogen-bond acceptors (Lipinski definition) is 8. The SMILES string of the molecule is Nc1nnc(SCC(=O)NN=Cc2ccccc2OCc2ccccc2Cl)s1. The first-order chi connectivity index (χ1) is 13.6. The van der Waals surface area contributed by atoms with Crippen molar-refractivity contribution in [2.45, 2.75) is 10.9 Å². The highest BCUT2D eigenvalue weighted by Crippen LogP contribution is 2.23. The van der Waals surface area contributed by atoms with Gasteiger partial charge in [-0.05, 0) is 18.2 Å². The molecular formula is C18H16ClN5O2S2. The first kappa shape index (κ1) is 20.1. The van der Waals surface area contributed by atoms with Crippen LogP contribution in [0.1, 0.15) is 11.1 Å². The zero-order valence-electron chi connectivity index (χ0n) is 14.5. The molecule has 1 amide bonds. The summed E-state index contributed by atoms with van der Waals surface area (Å²) < 4.78 is 6.49. The normalized spacial score (nSPS) is 10.9. The van der Waals surface area contributed by atoms with Crippen LogP contribution < -0.4 is 15.9 Å². The first-order valence-electron chi connectivity index (χ1n) is 8.11. The Hall–Kier alpha value is -2.62. The Morgan fingerprint density at radius 1 is 1.25 bits per heavy atom. The maximum Gasteiger partial charge on any atom is 0.250 e. The highest BCUT2D eigenvalue weighted by atomic mass is 35.5. The lowest BCUT2D eigenvalue weighted by Gasteiger charge is -2.10. The van der Waals surface area contributed by atoms with Gasteiger partial charge in [-0.15, -0.1) is 10.2 Å². The van der Waals surface area contributed by atoms with Gasteiger partial charge >= 0.3 is 0 Å². The Morgan fingerprint density at radius 2 is 2.04 bits per heavy atom. The zero-order chi connectivity index (χ0) is 19.8. The zero-order valence-corrected chi connectivity index (χ0v) is 16.9. The lowest BCUT2D eigenvalue weighted by molar-refractivity contribution is -0.118. The Kier molecular flexibility index (Phi) is 7.24. The molecule has 7 nitrogen and oxygen atoms in total. The number of amides is 1. The Morgan fingerprint density at radius 3 is 2.82 bits per heavy atom. The van der Waals surface area contributed by atoms with E-state index in [1.165, 1.54) is 29.3 Å². The number of benzene rings is 2. The molecule has 10 heteroatoms. The monoisotopic (exact) mass is 433 g/mol. The average Bonchev–Trinajstić information content (AvgIpc) is 3.12. The van der Waals surface area contributed by atoms with Gasteiger partial charge in [0.2, 0.25) is 5.13 Å². The van der Waals surface area contributed by atoms with Crippen molar-refractivity contribution in [2.75, 3.05) is 11.5 Å². The minimum Gasteiger partial charge on any atom is -0.488 e. The summed E-state index contributed by atoms with van der Waals surface area (Å²) in [6.07, 6.45) is 1.54. The number of aromatic nitrogens is 2. The van der Waals surface area contributed by atoms with Gasteiger partial charge in [-0.1, -0.05) is 65.0 Å². The van der Waals surface area contributed by atoms with Gasteiger partial charge in [-0.2, -0.15) is 5.10 Å². The van der Waals surface area contributed by atoms with Gasteiger partial charge in [-0.3, -0.25) is 4.79 Å². The molecule has 3 aromatic rings. The lowest BCUT2D eigenvalue weighted by Crippen LogP contribution is -2.19. The molecule has 0 atom stereocenters. The number of nitrogens with zero attached hydrogens (tertiary/aromatic N) is 3. The third-order valence-corrected chi connectivity index (χ3v) is 5.66. The smallest absolute Gasteiger partial charge is 0.250 e. The van der Waals surface area contributed by atoms with Crippen LogP contribution in [-0.4, -0.2) is 28.1 Å². The topological polar surface area (TPSA) is 102 Å². The highest BCUT2D eigenvalue weighted by molar-refractivity contribution is 8.01. The van der Waals surface area contributed by atoms with E-state index in [1.54, 1.807) is 0 Å². The van der Waals surface area contributed by atoms with E-state index in [1.807, 2.05) is 48.5 Å². The van der Waals surface area contributed by atoms with Crippen LogP contribution in [0.2, 0.25) is 5.02 Å². The van der Waals surface area contributed by atoms with Crippen molar-refractivity contribution in [1.82, 2.24) is 15.6 Å². The number of nitrogen functional groups attached to an aromatic ring is 1. The van der Waals surface area contributed by atoms with Crippen LogP contribution in [0.25, 0.3) is 0 Å². The van der Waals surface area contributed by atoms with E-state index in [0.29, 0.717) is 26.9 Å². The Balaban J connectivity index is 1.53. The van der Waals surface area contributed by atoms with Crippen molar-refractivity contribution in [2.24, 2.45) is 5.10 Å². The third-order valence-electron chi connectivity index (χ3n) is 3.40. The molecule has 0 saturated heterocycles. The maximum atomic E-state index is 11.9. The van der Waals surface area contributed by atoms with Gasteiger partial charge < -0.3 is 10.5 Å². The minimum atomic E-state index is -0.260. The summed E-state index contributed by atoms with van der Waals surface area (Å²) >= 11 is 8.63. The molecule has 0 saturated carbocycles. The number of anilines is 1. The Labute approximate surface area is 175 Å². The fourth-order valence-corrected chi connectivity index (χ4v) is 3.72. The predicted octanol–water partition coefficient (Wildman–Crippen LogP) is 3.60. The molecule has 144 valence electrons. The van der Waals surface area contributed by atoms with Crippen molar-refractivity contribution < 1.29 is 9.53 Å². The van der Waals surface area contributed by atoms with Gasteiger partial charge in [0.05, 0.1) is 12.0 Å². The van der Waals surface area contributed by atoms with Gasteiger partial charge in [0.25, 0.3) is 5.91 Å². The second-order valence-corrected chi connectivity index (χ2v) is 8.04. The van der Waals surface area contributed by atoms with Crippen LogP contribution in [0.4, 0.5) is 5.13 Å². The largest absolute Gasteiger partial charge is 0.488 e. The summed E-state index contributed by atoms with van der Waals surface area (Å²) in [6, 6.07) is 14.9. The highest BCUT2D eigenvalue weighted by Gasteiger charge is 2.07. The van der Waals surface area contributed by atoms with Crippen LogP contribution in [-0.2, 0) is 11.4 Å². The summed E-state index contributed by atoms with van der Waals surface area (Å²) in [5.74, 6) is 0.542. The molecular weight excluding hydrogens is 418 g/mol. The standard InChI is InChI=1S/C18H16ClN5O2S2/c19-14-7-3-1-6-13(14)10-26-15-8-4-2-5-12(15)9-21-22-16(25)11-27-18-24-23-17(20)28-18/h1-9H,10-11H2,(H2,20,23)(H,22,25). The number of hydrazone groups is 1. The quantitative estimate of drug-likeness (QED) is 0.319. The molecule has 0 radical (unpaired) electrons. The average molecular weight is 434 g/mol. The number of rotatable bonds is 8. The van der Waals surface area contributed by atoms with Gasteiger partial charge in [0, 0.05) is 16.1 Å². The van der Waals surface area contributed by atoms with Crippen molar-refractivity contribution in [3.8, 4) is 5.75 Å². The fourth-order valence-electron chi connectivity index (χ4n) is 2.10. The van der Waals surface area contributed by atoms with Crippen molar-refractivity contribution in [3.63, 3.8) is 0 Å². The minimum absolute atomic E-state index is 0.163. The van der Waals surface area contributed by atoms with E-state index in [4.69, 9.17) is 22.1 Å². The summed E-state index contributed by atoms with van der Waals surface area (Å²) in [5.41, 5.74) is 9.60. The molecule has 0 aliphatic heterocycles. The van der Waals surface area contributed by atoms with Crippen LogP contribution in [0.3, 0.4) is 0 Å². The fraction of sp³-hybridized carbons (Fsp3) is 0.111. The van der Waals surface area contributed by atoms with E-state index in [-0.39, 0.29) is 11.7 Å². The predicted molar refractivity (Wildman–Crippen MR) is 113 cm³/mol. The Bertz CT molecular complexity index is 980. The van der Waals surface area contributed by atoms with Crippen molar-refractivity contribution in [1.29, 1.82) is 0 Å². The van der Waals surface area contributed by atoms with Crippen LogP contribution in [0.15, 0.2) is 58.0 Å². The second kappa shape index (κ2) is 10.1. The summed E-state index contributed by atoms with van der Waals surface area (Å²) in [7, 11) is 0. The lowest BCUT2D eigenvalue weighted by atomic mass is 10.2. The number of halogens is 1. The van der Waals surface area contributed by atoms with Crippen LogP contribution >= 0.6 is 34.7 Å². The van der Waals surface area contributed by atoms with Crippen LogP contribution in [0, 0.1) is 0 Å².